The number of carbonyl (C=O) groups excluding carboxylic acids is 2. The van der Waals surface area contributed by atoms with Gasteiger partial charge in [0.2, 0.25) is 5.91 Å². The van der Waals surface area contributed by atoms with E-state index in [0.29, 0.717) is 31.0 Å². The van der Waals surface area contributed by atoms with Gasteiger partial charge >= 0.3 is 0 Å². The van der Waals surface area contributed by atoms with Crippen LogP contribution in [0.5, 0.6) is 0 Å². The minimum absolute atomic E-state index is 0.164. The SMILES string of the molecule is CC(C)C[C@H](N)C(=O)NCCNC(=O)c1ccc(Br)cc1. The Balaban J connectivity index is 2.26. The summed E-state index contributed by atoms with van der Waals surface area (Å²) in [5, 5.41) is 5.46. The van der Waals surface area contributed by atoms with Gasteiger partial charge in [-0.3, -0.25) is 9.59 Å². The molecule has 5 nitrogen and oxygen atoms in total. The maximum absolute atomic E-state index is 11.8. The molecule has 21 heavy (non-hydrogen) atoms. The lowest BCUT2D eigenvalue weighted by Gasteiger charge is -2.14. The lowest BCUT2D eigenvalue weighted by Crippen LogP contribution is -2.44. The quantitative estimate of drug-likeness (QED) is 0.650. The van der Waals surface area contributed by atoms with Crippen molar-refractivity contribution in [2.75, 3.05) is 13.1 Å². The number of hydrogen-bond acceptors (Lipinski definition) is 3. The van der Waals surface area contributed by atoms with Gasteiger partial charge in [0.15, 0.2) is 0 Å². The number of hydrogen-bond donors (Lipinski definition) is 3. The van der Waals surface area contributed by atoms with Crippen LogP contribution < -0.4 is 16.4 Å². The van der Waals surface area contributed by atoms with Crippen molar-refractivity contribution in [3.8, 4) is 0 Å². The molecule has 0 bridgehead atoms. The molecular formula is C15H22BrN3O2. The smallest absolute Gasteiger partial charge is 0.251 e. The van der Waals surface area contributed by atoms with Crippen LogP contribution in [0.15, 0.2) is 28.7 Å². The van der Waals surface area contributed by atoms with Gasteiger partial charge in [-0.05, 0) is 36.6 Å². The van der Waals surface area contributed by atoms with Gasteiger partial charge in [-0.15, -0.1) is 0 Å². The second-order valence-corrected chi connectivity index (χ2v) is 6.21. The summed E-state index contributed by atoms with van der Waals surface area (Å²) in [6.45, 7) is 4.78. The molecule has 6 heteroatoms. The van der Waals surface area contributed by atoms with Crippen LogP contribution in [0.4, 0.5) is 0 Å². The zero-order chi connectivity index (χ0) is 15.8. The largest absolute Gasteiger partial charge is 0.353 e. The summed E-state index contributed by atoms with van der Waals surface area (Å²) < 4.78 is 0.922. The van der Waals surface area contributed by atoms with E-state index in [1.54, 1.807) is 12.1 Å². The summed E-state index contributed by atoms with van der Waals surface area (Å²) in [6.07, 6.45) is 0.650. The first-order chi connectivity index (χ1) is 9.90. The van der Waals surface area contributed by atoms with Crippen LogP contribution in [0.25, 0.3) is 0 Å². The van der Waals surface area contributed by atoms with Crippen LogP contribution in [-0.2, 0) is 4.79 Å². The molecule has 2 amide bonds. The number of halogens is 1. The number of amides is 2. The lowest BCUT2D eigenvalue weighted by molar-refractivity contribution is -0.122. The van der Waals surface area contributed by atoms with Gasteiger partial charge < -0.3 is 16.4 Å². The molecule has 0 heterocycles. The first-order valence-electron chi connectivity index (χ1n) is 6.97. The third kappa shape index (κ3) is 6.73. The number of benzene rings is 1. The molecular weight excluding hydrogens is 334 g/mol. The molecule has 0 saturated carbocycles. The molecule has 0 aliphatic carbocycles. The predicted octanol–water partition coefficient (Wildman–Crippen LogP) is 1.67. The van der Waals surface area contributed by atoms with Crippen molar-refractivity contribution >= 4 is 27.7 Å². The molecule has 1 aromatic rings. The van der Waals surface area contributed by atoms with Crippen LogP contribution in [0.3, 0.4) is 0 Å². The average molecular weight is 356 g/mol. The first-order valence-corrected chi connectivity index (χ1v) is 7.76. The van der Waals surface area contributed by atoms with E-state index in [1.165, 1.54) is 0 Å². The monoisotopic (exact) mass is 355 g/mol. The molecule has 1 aromatic carbocycles. The second-order valence-electron chi connectivity index (χ2n) is 5.29. The molecule has 0 aromatic heterocycles. The Bertz CT molecular complexity index is 474. The van der Waals surface area contributed by atoms with Gasteiger partial charge in [0.25, 0.3) is 5.91 Å². The Morgan fingerprint density at radius 2 is 1.71 bits per heavy atom. The van der Waals surface area contributed by atoms with Gasteiger partial charge in [0, 0.05) is 23.1 Å². The molecule has 0 saturated heterocycles. The first kappa shape index (κ1) is 17.7. The van der Waals surface area contributed by atoms with Gasteiger partial charge in [-0.1, -0.05) is 29.8 Å². The maximum Gasteiger partial charge on any atom is 0.251 e. The van der Waals surface area contributed by atoms with Crippen molar-refractivity contribution < 1.29 is 9.59 Å². The molecule has 4 N–H and O–H groups in total. The van der Waals surface area contributed by atoms with E-state index in [4.69, 9.17) is 5.73 Å². The van der Waals surface area contributed by atoms with Crippen LogP contribution in [-0.4, -0.2) is 30.9 Å². The number of nitrogens with one attached hydrogen (secondary N) is 2. The summed E-state index contributed by atoms with van der Waals surface area (Å²) >= 11 is 3.31. The molecule has 0 unspecified atom stereocenters. The summed E-state index contributed by atoms with van der Waals surface area (Å²) in [6, 6.07) is 6.59. The Hall–Kier alpha value is -1.40. The Morgan fingerprint density at radius 1 is 1.14 bits per heavy atom. The zero-order valence-electron chi connectivity index (χ0n) is 12.4. The van der Waals surface area contributed by atoms with E-state index < -0.39 is 6.04 Å². The number of rotatable bonds is 7. The molecule has 1 rings (SSSR count). The molecule has 0 aliphatic rings. The average Bonchev–Trinajstić information content (AvgIpc) is 2.43. The molecule has 0 fully saturated rings. The van der Waals surface area contributed by atoms with Crippen molar-refractivity contribution in [3.05, 3.63) is 34.3 Å². The van der Waals surface area contributed by atoms with Crippen molar-refractivity contribution in [2.45, 2.75) is 26.3 Å². The summed E-state index contributed by atoms with van der Waals surface area (Å²) in [5.74, 6) is 0.0349. The van der Waals surface area contributed by atoms with E-state index >= 15 is 0 Å². The third-order valence-electron chi connectivity index (χ3n) is 2.88. The third-order valence-corrected chi connectivity index (χ3v) is 3.41. The normalized spacial score (nSPS) is 12.0. The summed E-state index contributed by atoms with van der Waals surface area (Å²) in [4.78, 5) is 23.5. The molecule has 0 spiro atoms. The van der Waals surface area contributed by atoms with Crippen molar-refractivity contribution in [3.63, 3.8) is 0 Å². The van der Waals surface area contributed by atoms with Crippen molar-refractivity contribution in [2.24, 2.45) is 11.7 Å². The highest BCUT2D eigenvalue weighted by Crippen LogP contribution is 2.10. The zero-order valence-corrected chi connectivity index (χ0v) is 13.9. The molecule has 1 atom stereocenters. The number of carbonyl (C=O) groups is 2. The minimum atomic E-state index is -0.493. The lowest BCUT2D eigenvalue weighted by atomic mass is 10.0. The van der Waals surface area contributed by atoms with E-state index in [2.05, 4.69) is 26.6 Å². The van der Waals surface area contributed by atoms with Gasteiger partial charge in [-0.25, -0.2) is 0 Å². The fourth-order valence-corrected chi connectivity index (χ4v) is 2.08. The van der Waals surface area contributed by atoms with Gasteiger partial charge in [0.1, 0.15) is 0 Å². The fourth-order valence-electron chi connectivity index (χ4n) is 1.81. The van der Waals surface area contributed by atoms with Crippen LogP contribution in [0, 0.1) is 5.92 Å². The van der Waals surface area contributed by atoms with Crippen LogP contribution in [0.1, 0.15) is 30.6 Å². The summed E-state index contributed by atoms with van der Waals surface area (Å²) in [7, 11) is 0. The van der Waals surface area contributed by atoms with E-state index in [9.17, 15) is 9.59 Å². The summed E-state index contributed by atoms with van der Waals surface area (Å²) in [5.41, 5.74) is 6.35. The highest BCUT2D eigenvalue weighted by molar-refractivity contribution is 9.10. The predicted molar refractivity (Wildman–Crippen MR) is 86.9 cm³/mol. The Morgan fingerprint density at radius 3 is 2.29 bits per heavy atom. The van der Waals surface area contributed by atoms with Crippen molar-refractivity contribution in [1.29, 1.82) is 0 Å². The second kappa shape index (κ2) is 8.79. The van der Waals surface area contributed by atoms with Crippen LogP contribution in [0.2, 0.25) is 0 Å². The molecule has 116 valence electrons. The molecule has 0 radical (unpaired) electrons. The van der Waals surface area contributed by atoms with Gasteiger partial charge in [0.05, 0.1) is 6.04 Å². The van der Waals surface area contributed by atoms with Crippen molar-refractivity contribution in [1.82, 2.24) is 10.6 Å². The van der Waals surface area contributed by atoms with E-state index in [1.807, 2.05) is 26.0 Å². The van der Waals surface area contributed by atoms with E-state index in [0.717, 1.165) is 4.47 Å². The fraction of sp³-hybridized carbons (Fsp3) is 0.467. The highest BCUT2D eigenvalue weighted by Gasteiger charge is 2.14. The topological polar surface area (TPSA) is 84.2 Å². The van der Waals surface area contributed by atoms with E-state index in [-0.39, 0.29) is 11.8 Å². The Kier molecular flexibility index (Phi) is 7.39. The van der Waals surface area contributed by atoms with Crippen LogP contribution >= 0.6 is 15.9 Å². The molecule has 0 aliphatic heterocycles. The minimum Gasteiger partial charge on any atom is -0.353 e. The highest BCUT2D eigenvalue weighted by atomic mass is 79.9. The Labute approximate surface area is 133 Å². The standard InChI is InChI=1S/C15H22BrN3O2/c1-10(2)9-13(17)15(21)19-8-7-18-14(20)11-3-5-12(16)6-4-11/h3-6,10,13H,7-9,17H2,1-2H3,(H,18,20)(H,19,21)/t13-/m0/s1. The van der Waals surface area contributed by atoms with Gasteiger partial charge in [-0.2, -0.15) is 0 Å². The number of nitrogens with two attached hydrogens (primary N) is 1. The maximum atomic E-state index is 11.8.